The number of benzene rings is 1. The number of phenolic OH excluding ortho intramolecular Hbond substituents is 2. The molecule has 0 atom stereocenters. The first-order chi connectivity index (χ1) is 16.6. The summed E-state index contributed by atoms with van der Waals surface area (Å²) in [7, 11) is 0. The number of amides is 1. The number of alkyl halides is 3. The number of hydrogen-bond acceptors (Lipinski definition) is 6. The van der Waals surface area contributed by atoms with Crippen molar-refractivity contribution in [2.75, 3.05) is 37.7 Å². The number of carbonyl (C=O) groups is 1. The highest BCUT2D eigenvalue weighted by Crippen LogP contribution is 2.46. The van der Waals surface area contributed by atoms with Crippen molar-refractivity contribution in [2.45, 2.75) is 38.4 Å². The van der Waals surface area contributed by atoms with Gasteiger partial charge in [0.1, 0.15) is 5.82 Å². The van der Waals surface area contributed by atoms with Crippen LogP contribution in [0.1, 0.15) is 35.1 Å². The molecule has 4 rings (SSSR count). The second kappa shape index (κ2) is 10.3. The van der Waals surface area contributed by atoms with Crippen LogP contribution >= 0.6 is 23.2 Å². The number of phenols is 2. The van der Waals surface area contributed by atoms with Crippen LogP contribution in [0.3, 0.4) is 0 Å². The van der Waals surface area contributed by atoms with Gasteiger partial charge in [0.2, 0.25) is 5.91 Å². The third kappa shape index (κ3) is 5.39. The number of aromatic hydroxyl groups is 2. The molecule has 7 nitrogen and oxygen atoms in total. The summed E-state index contributed by atoms with van der Waals surface area (Å²) in [5.74, 6) is -0.723. The van der Waals surface area contributed by atoms with Crippen molar-refractivity contribution in [3.63, 3.8) is 0 Å². The van der Waals surface area contributed by atoms with E-state index in [1.54, 1.807) is 4.90 Å². The van der Waals surface area contributed by atoms with Gasteiger partial charge in [0.25, 0.3) is 0 Å². The van der Waals surface area contributed by atoms with E-state index in [2.05, 4.69) is 4.98 Å². The van der Waals surface area contributed by atoms with Crippen molar-refractivity contribution in [1.82, 2.24) is 9.88 Å². The Morgan fingerprint density at radius 1 is 1.09 bits per heavy atom. The topological polar surface area (TPSA) is 86.1 Å². The Hall–Kier alpha value is -2.43. The lowest BCUT2D eigenvalue weighted by Gasteiger charge is -2.31. The highest BCUT2D eigenvalue weighted by Gasteiger charge is 2.33. The first-order valence-corrected chi connectivity index (χ1v) is 11.9. The van der Waals surface area contributed by atoms with Crippen molar-refractivity contribution in [3.8, 4) is 11.5 Å². The molecule has 1 aromatic heterocycles. The van der Waals surface area contributed by atoms with Crippen LogP contribution in [0, 0.1) is 0 Å². The lowest BCUT2D eigenvalue weighted by molar-refractivity contribution is -0.138. The van der Waals surface area contributed by atoms with E-state index in [-0.39, 0.29) is 35.3 Å². The number of nitrogens with zero attached hydrogens (tertiary/aromatic N) is 3. The smallest absolute Gasteiger partial charge is 0.417 e. The molecule has 0 spiro atoms. The van der Waals surface area contributed by atoms with E-state index in [1.807, 2.05) is 4.90 Å². The predicted molar refractivity (Wildman–Crippen MR) is 124 cm³/mol. The maximum Gasteiger partial charge on any atom is 0.417 e. The number of carbonyl (C=O) groups excluding carboxylic acids is 1. The van der Waals surface area contributed by atoms with Gasteiger partial charge < -0.3 is 24.7 Å². The van der Waals surface area contributed by atoms with Crippen LogP contribution in [0.25, 0.3) is 0 Å². The van der Waals surface area contributed by atoms with Gasteiger partial charge in [0.05, 0.1) is 28.8 Å². The van der Waals surface area contributed by atoms with Crippen LogP contribution < -0.4 is 4.90 Å². The van der Waals surface area contributed by atoms with Gasteiger partial charge in [-0.15, -0.1) is 0 Å². The molecule has 2 aliphatic heterocycles. The van der Waals surface area contributed by atoms with Crippen molar-refractivity contribution >= 4 is 34.9 Å². The predicted octanol–water partition coefficient (Wildman–Crippen LogP) is 4.56. The number of aromatic nitrogens is 1. The molecule has 2 N–H and O–H groups in total. The Balaban J connectivity index is 1.45. The summed E-state index contributed by atoms with van der Waals surface area (Å²) in [6, 6.07) is 1.11. The zero-order chi connectivity index (χ0) is 25.3. The number of aryl methyl sites for hydroxylation is 1. The van der Waals surface area contributed by atoms with Crippen molar-refractivity contribution < 1.29 is 32.9 Å². The van der Waals surface area contributed by atoms with Crippen LogP contribution in [0.2, 0.25) is 10.0 Å². The third-order valence-corrected chi connectivity index (χ3v) is 7.10. The minimum atomic E-state index is -4.51. The number of rotatable bonds is 5. The molecule has 190 valence electrons. The Labute approximate surface area is 210 Å². The zero-order valence-corrected chi connectivity index (χ0v) is 20.2. The van der Waals surface area contributed by atoms with Gasteiger partial charge in [-0.2, -0.15) is 13.2 Å². The summed E-state index contributed by atoms with van der Waals surface area (Å²) in [4.78, 5) is 20.4. The molecule has 1 saturated heterocycles. The van der Waals surface area contributed by atoms with Gasteiger partial charge in [-0.3, -0.25) is 4.79 Å². The molecule has 0 unspecified atom stereocenters. The fourth-order valence-corrected chi connectivity index (χ4v) is 4.97. The van der Waals surface area contributed by atoms with Crippen molar-refractivity contribution in [2.24, 2.45) is 0 Å². The molecule has 0 bridgehead atoms. The zero-order valence-electron chi connectivity index (χ0n) is 18.7. The molecule has 2 aliphatic rings. The average molecular weight is 534 g/mol. The Morgan fingerprint density at radius 2 is 1.74 bits per heavy atom. The highest BCUT2D eigenvalue weighted by molar-refractivity contribution is 6.36. The van der Waals surface area contributed by atoms with Gasteiger partial charge in [-0.25, -0.2) is 4.98 Å². The molecule has 1 fully saturated rings. The summed E-state index contributed by atoms with van der Waals surface area (Å²) in [6.45, 7) is 2.46. The number of pyridine rings is 1. The molecule has 2 aromatic rings. The summed E-state index contributed by atoms with van der Waals surface area (Å²) in [6.07, 6.45) is -2.62. The standard InChI is InChI=1S/C23H24Cl2F3N3O4/c24-18-15-4-5-31(12-16(15)19(25)21(34)20(18)33)17(32)3-1-2-13-10-14(23(26,27)28)11-29-22(13)30-6-8-35-9-7-30/h10-11,33-34H,1-9,12H2. The van der Waals surface area contributed by atoms with Gasteiger partial charge in [0, 0.05) is 38.8 Å². The largest absolute Gasteiger partial charge is 0.503 e. The molecule has 35 heavy (non-hydrogen) atoms. The second-order valence-electron chi connectivity index (χ2n) is 8.51. The fraction of sp³-hybridized carbons (Fsp3) is 0.478. The Bertz CT molecular complexity index is 1120. The number of halogens is 5. The number of anilines is 1. The van der Waals surface area contributed by atoms with E-state index in [1.165, 1.54) is 0 Å². The maximum absolute atomic E-state index is 13.3. The minimum absolute atomic E-state index is 0.0155. The van der Waals surface area contributed by atoms with E-state index >= 15 is 0 Å². The SMILES string of the molecule is O=C(CCCc1cc(C(F)(F)F)cnc1N1CCOCC1)N1CCc2c(Cl)c(O)c(O)c(Cl)c2C1. The third-order valence-electron chi connectivity index (χ3n) is 6.29. The number of hydrogen-bond donors (Lipinski definition) is 2. The first kappa shape index (κ1) is 25.7. The molecule has 12 heteroatoms. The molecular weight excluding hydrogens is 510 g/mol. The number of fused-ring (bicyclic) bond motifs is 1. The summed E-state index contributed by atoms with van der Waals surface area (Å²) in [5.41, 5.74) is 0.677. The molecule has 0 saturated carbocycles. The minimum Gasteiger partial charge on any atom is -0.503 e. The highest BCUT2D eigenvalue weighted by atomic mass is 35.5. The van der Waals surface area contributed by atoms with E-state index in [0.717, 1.165) is 12.3 Å². The Kier molecular flexibility index (Phi) is 7.54. The summed E-state index contributed by atoms with van der Waals surface area (Å²) >= 11 is 12.3. The molecule has 1 aromatic carbocycles. The van der Waals surface area contributed by atoms with Gasteiger partial charge >= 0.3 is 6.18 Å². The normalized spacial score (nSPS) is 16.4. The van der Waals surface area contributed by atoms with Gasteiger partial charge in [0.15, 0.2) is 11.5 Å². The van der Waals surface area contributed by atoms with Crippen molar-refractivity contribution in [1.29, 1.82) is 0 Å². The number of ether oxygens (including phenoxy) is 1. The Morgan fingerprint density at radius 3 is 2.40 bits per heavy atom. The first-order valence-electron chi connectivity index (χ1n) is 11.1. The second-order valence-corrected chi connectivity index (χ2v) is 9.26. The van der Waals surface area contributed by atoms with Crippen molar-refractivity contribution in [3.05, 3.63) is 44.6 Å². The van der Waals surface area contributed by atoms with E-state index < -0.39 is 23.2 Å². The molecule has 0 aliphatic carbocycles. The van der Waals surface area contributed by atoms with Gasteiger partial charge in [-0.05, 0) is 42.0 Å². The van der Waals surface area contributed by atoms with Crippen LogP contribution in [0.15, 0.2) is 12.3 Å². The van der Waals surface area contributed by atoms with E-state index in [9.17, 15) is 28.2 Å². The quantitative estimate of drug-likeness (QED) is 0.548. The molecule has 0 radical (unpaired) electrons. The fourth-order valence-electron chi connectivity index (χ4n) is 4.40. The number of morpholine rings is 1. The van der Waals surface area contributed by atoms with Crippen LogP contribution in [-0.4, -0.2) is 58.9 Å². The maximum atomic E-state index is 13.3. The lowest BCUT2D eigenvalue weighted by Crippen LogP contribution is -2.37. The monoisotopic (exact) mass is 533 g/mol. The van der Waals surface area contributed by atoms with Crippen LogP contribution in [0.5, 0.6) is 11.5 Å². The molecule has 1 amide bonds. The van der Waals surface area contributed by atoms with E-state index in [0.29, 0.717) is 68.2 Å². The van der Waals surface area contributed by atoms with Gasteiger partial charge in [-0.1, -0.05) is 23.2 Å². The van der Waals surface area contributed by atoms with E-state index in [4.69, 9.17) is 27.9 Å². The molecular formula is C23H24Cl2F3N3O4. The summed E-state index contributed by atoms with van der Waals surface area (Å²) < 4.78 is 45.2. The van der Waals surface area contributed by atoms with Crippen LogP contribution in [-0.2, 0) is 35.1 Å². The lowest BCUT2D eigenvalue weighted by atomic mass is 9.97. The average Bonchev–Trinajstić information content (AvgIpc) is 2.85. The van der Waals surface area contributed by atoms with Crippen LogP contribution in [0.4, 0.5) is 19.0 Å². The summed E-state index contributed by atoms with van der Waals surface area (Å²) in [5, 5.41) is 19.8. The molecule has 3 heterocycles.